The second kappa shape index (κ2) is 10.5. The predicted octanol–water partition coefficient (Wildman–Crippen LogP) is 1.05. The Morgan fingerprint density at radius 3 is 1.38 bits per heavy atom. The molecule has 2 nitrogen and oxygen atoms in total. The van der Waals surface area contributed by atoms with Crippen molar-refractivity contribution in [1.29, 1.82) is 0 Å². The summed E-state index contributed by atoms with van der Waals surface area (Å²) in [6.45, 7) is 5.94. The first kappa shape index (κ1) is 15.8. The fourth-order valence-electron chi connectivity index (χ4n) is 0.224. The molecule has 0 aromatic carbocycles. The second-order valence-corrected chi connectivity index (χ2v) is 1.22. The standard InChI is InChI=1S/C4H12N2.2ClH/c1-3-6(5)4-2;;/h3-5H2,1-2H3;2*1H. The molecule has 8 heavy (non-hydrogen) atoms. The van der Waals surface area contributed by atoms with Crippen molar-refractivity contribution < 1.29 is 0 Å². The summed E-state index contributed by atoms with van der Waals surface area (Å²) >= 11 is 0. The third-order valence-electron chi connectivity index (χ3n) is 0.812. The average Bonchev–Trinajstić information content (AvgIpc) is 1.65. The van der Waals surface area contributed by atoms with Crippen LogP contribution in [0.5, 0.6) is 0 Å². The second-order valence-electron chi connectivity index (χ2n) is 1.22. The SMILES string of the molecule is CCN(N)CC.Cl.Cl. The zero-order valence-electron chi connectivity index (χ0n) is 5.26. The molecule has 0 bridgehead atoms. The molecule has 54 valence electrons. The Labute approximate surface area is 63.2 Å². The van der Waals surface area contributed by atoms with Crippen LogP contribution in [0, 0.1) is 0 Å². The van der Waals surface area contributed by atoms with E-state index in [0.29, 0.717) is 0 Å². The molecule has 0 aliphatic carbocycles. The van der Waals surface area contributed by atoms with E-state index in [1.807, 2.05) is 13.8 Å². The lowest BCUT2D eigenvalue weighted by molar-refractivity contribution is 0.316. The fourth-order valence-corrected chi connectivity index (χ4v) is 0.224. The van der Waals surface area contributed by atoms with Crippen LogP contribution in [0.4, 0.5) is 0 Å². The molecule has 0 fully saturated rings. The number of hydrogen-bond acceptors (Lipinski definition) is 2. The number of rotatable bonds is 2. The van der Waals surface area contributed by atoms with Gasteiger partial charge in [-0.15, -0.1) is 24.8 Å². The van der Waals surface area contributed by atoms with Crippen molar-refractivity contribution in [3.63, 3.8) is 0 Å². The Morgan fingerprint density at radius 2 is 1.38 bits per heavy atom. The quantitative estimate of drug-likeness (QED) is 0.484. The summed E-state index contributed by atoms with van der Waals surface area (Å²) < 4.78 is 0. The first-order valence-corrected chi connectivity index (χ1v) is 2.30. The highest BCUT2D eigenvalue weighted by Gasteiger charge is 1.82. The minimum atomic E-state index is 0. The van der Waals surface area contributed by atoms with Crippen molar-refractivity contribution in [1.82, 2.24) is 5.01 Å². The van der Waals surface area contributed by atoms with Gasteiger partial charge in [0.05, 0.1) is 0 Å². The Bertz CT molecular complexity index is 31.2. The van der Waals surface area contributed by atoms with Gasteiger partial charge in [0, 0.05) is 13.1 Å². The molecule has 0 aromatic rings. The first-order chi connectivity index (χ1) is 2.81. The molecule has 4 heteroatoms. The lowest BCUT2D eigenvalue weighted by atomic mass is 10.6. The predicted molar refractivity (Wildman–Crippen MR) is 41.6 cm³/mol. The fraction of sp³-hybridized carbons (Fsp3) is 1.00. The van der Waals surface area contributed by atoms with Crippen molar-refractivity contribution in [3.8, 4) is 0 Å². The molecular weight excluding hydrogens is 147 g/mol. The highest BCUT2D eigenvalue weighted by Crippen LogP contribution is 1.68. The van der Waals surface area contributed by atoms with Gasteiger partial charge in [-0.2, -0.15) is 0 Å². The first-order valence-electron chi connectivity index (χ1n) is 2.30. The van der Waals surface area contributed by atoms with Crippen molar-refractivity contribution in [2.24, 2.45) is 5.84 Å². The lowest BCUT2D eigenvalue weighted by Gasteiger charge is -2.07. The minimum absolute atomic E-state index is 0. The highest BCUT2D eigenvalue weighted by molar-refractivity contribution is 5.85. The van der Waals surface area contributed by atoms with Crippen LogP contribution in [0.25, 0.3) is 0 Å². The van der Waals surface area contributed by atoms with Gasteiger partial charge in [0.15, 0.2) is 0 Å². The molecule has 0 aliphatic rings. The average molecular weight is 161 g/mol. The summed E-state index contributed by atoms with van der Waals surface area (Å²) in [7, 11) is 0. The van der Waals surface area contributed by atoms with Gasteiger partial charge in [0.25, 0.3) is 0 Å². The Balaban J connectivity index is -0.000000125. The third-order valence-corrected chi connectivity index (χ3v) is 0.812. The largest absolute Gasteiger partial charge is 0.269 e. The van der Waals surface area contributed by atoms with Gasteiger partial charge in [0.1, 0.15) is 0 Å². The molecule has 0 aromatic heterocycles. The molecule has 0 radical (unpaired) electrons. The molecule has 2 N–H and O–H groups in total. The van der Waals surface area contributed by atoms with Crippen LogP contribution in [-0.4, -0.2) is 18.1 Å². The van der Waals surface area contributed by atoms with Gasteiger partial charge in [-0.25, -0.2) is 5.01 Å². The van der Waals surface area contributed by atoms with Crippen molar-refractivity contribution >= 4 is 24.8 Å². The smallest absolute Gasteiger partial charge is 0.00996 e. The number of hydrogen-bond donors (Lipinski definition) is 1. The maximum Gasteiger partial charge on any atom is 0.00996 e. The minimum Gasteiger partial charge on any atom is -0.269 e. The molecule has 0 saturated heterocycles. The van der Waals surface area contributed by atoms with Crippen LogP contribution in [0.15, 0.2) is 0 Å². The van der Waals surface area contributed by atoms with E-state index in [9.17, 15) is 0 Å². The van der Waals surface area contributed by atoms with E-state index < -0.39 is 0 Å². The van der Waals surface area contributed by atoms with Gasteiger partial charge in [-0.3, -0.25) is 5.84 Å². The van der Waals surface area contributed by atoms with Gasteiger partial charge >= 0.3 is 0 Å². The number of nitrogens with zero attached hydrogens (tertiary/aromatic N) is 1. The van der Waals surface area contributed by atoms with Crippen LogP contribution in [-0.2, 0) is 0 Å². The van der Waals surface area contributed by atoms with Crippen LogP contribution >= 0.6 is 24.8 Å². The summed E-state index contributed by atoms with van der Waals surface area (Å²) in [5.74, 6) is 5.31. The Kier molecular flexibility index (Phi) is 20.7. The van der Waals surface area contributed by atoms with E-state index in [1.165, 1.54) is 0 Å². The van der Waals surface area contributed by atoms with Crippen LogP contribution < -0.4 is 5.84 Å². The Morgan fingerprint density at radius 1 is 1.12 bits per heavy atom. The van der Waals surface area contributed by atoms with E-state index in [2.05, 4.69) is 0 Å². The van der Waals surface area contributed by atoms with Crippen LogP contribution in [0.3, 0.4) is 0 Å². The van der Waals surface area contributed by atoms with E-state index in [4.69, 9.17) is 5.84 Å². The summed E-state index contributed by atoms with van der Waals surface area (Å²) in [5.41, 5.74) is 0. The molecule has 0 atom stereocenters. The van der Waals surface area contributed by atoms with Gasteiger partial charge < -0.3 is 0 Å². The van der Waals surface area contributed by atoms with Crippen molar-refractivity contribution in [2.75, 3.05) is 13.1 Å². The third kappa shape index (κ3) is 9.71. The number of halogens is 2. The number of nitrogens with two attached hydrogens (primary N) is 1. The Hall–Kier alpha value is 0.500. The van der Waals surface area contributed by atoms with Crippen LogP contribution in [0.2, 0.25) is 0 Å². The van der Waals surface area contributed by atoms with Crippen molar-refractivity contribution in [2.45, 2.75) is 13.8 Å². The molecule has 0 unspecified atom stereocenters. The summed E-state index contributed by atoms with van der Waals surface area (Å²) in [5, 5.41) is 1.75. The molecule has 0 rings (SSSR count). The maximum absolute atomic E-state index is 5.31. The van der Waals surface area contributed by atoms with Gasteiger partial charge in [0.2, 0.25) is 0 Å². The maximum atomic E-state index is 5.31. The molecule has 0 spiro atoms. The highest BCUT2D eigenvalue weighted by atomic mass is 35.5. The molecular formula is C4H14Cl2N2. The topological polar surface area (TPSA) is 29.3 Å². The van der Waals surface area contributed by atoms with Crippen molar-refractivity contribution in [3.05, 3.63) is 0 Å². The summed E-state index contributed by atoms with van der Waals surface area (Å²) in [6, 6.07) is 0. The van der Waals surface area contributed by atoms with E-state index in [1.54, 1.807) is 5.01 Å². The van der Waals surface area contributed by atoms with Gasteiger partial charge in [-0.05, 0) is 0 Å². The monoisotopic (exact) mass is 160 g/mol. The van der Waals surface area contributed by atoms with E-state index in [0.717, 1.165) is 13.1 Å². The zero-order chi connectivity index (χ0) is 4.99. The van der Waals surface area contributed by atoms with Gasteiger partial charge in [-0.1, -0.05) is 13.8 Å². The molecule has 0 heterocycles. The summed E-state index contributed by atoms with van der Waals surface area (Å²) in [4.78, 5) is 0. The van der Waals surface area contributed by atoms with E-state index in [-0.39, 0.29) is 24.8 Å². The number of hydrazine groups is 1. The molecule has 0 saturated carbocycles. The molecule has 0 aliphatic heterocycles. The van der Waals surface area contributed by atoms with E-state index >= 15 is 0 Å². The zero-order valence-corrected chi connectivity index (χ0v) is 6.89. The van der Waals surface area contributed by atoms with Crippen LogP contribution in [0.1, 0.15) is 13.8 Å². The normalized spacial score (nSPS) is 7.50. The molecule has 0 amide bonds. The summed E-state index contributed by atoms with van der Waals surface area (Å²) in [6.07, 6.45) is 0. The lowest BCUT2D eigenvalue weighted by Crippen LogP contribution is -2.29.